The molecule has 0 bridgehead atoms. The molecule has 1 saturated heterocycles. The number of hydrogen-bond acceptors (Lipinski definition) is 5. The number of rotatable bonds is 8. The van der Waals surface area contributed by atoms with E-state index in [0.717, 1.165) is 32.7 Å². The quantitative estimate of drug-likeness (QED) is 0.532. The molecule has 8 nitrogen and oxygen atoms in total. The maximum Gasteiger partial charge on any atom is 0.276 e. The predicted octanol–water partition coefficient (Wildman–Crippen LogP) is 0.0166. The summed E-state index contributed by atoms with van der Waals surface area (Å²) >= 11 is 0. The molecule has 1 aliphatic heterocycles. The van der Waals surface area contributed by atoms with Gasteiger partial charge < -0.3 is 19.3 Å². The summed E-state index contributed by atoms with van der Waals surface area (Å²) in [4.78, 5) is 27.7. The van der Waals surface area contributed by atoms with Crippen LogP contribution in [0.15, 0.2) is 54.6 Å². The minimum Gasteiger partial charge on any atom is -0.493 e. The maximum atomic E-state index is 12.0. The highest BCUT2D eigenvalue weighted by atomic mass is 16.5. The van der Waals surface area contributed by atoms with E-state index in [2.05, 4.69) is 40.0 Å². The van der Waals surface area contributed by atoms with Crippen LogP contribution in [0.25, 0.3) is 0 Å². The first-order chi connectivity index (χ1) is 14.7. The highest BCUT2D eigenvalue weighted by molar-refractivity contribution is 5.82. The van der Waals surface area contributed by atoms with Crippen LogP contribution in [-0.2, 0) is 9.59 Å². The van der Waals surface area contributed by atoms with Crippen LogP contribution in [0.3, 0.4) is 0 Å². The number of quaternary nitrogens is 1. The molecule has 0 spiro atoms. The van der Waals surface area contributed by atoms with Gasteiger partial charge in [0.25, 0.3) is 5.91 Å². The van der Waals surface area contributed by atoms with Gasteiger partial charge in [0.2, 0.25) is 5.91 Å². The summed E-state index contributed by atoms with van der Waals surface area (Å²) in [5.41, 5.74) is 6.08. The van der Waals surface area contributed by atoms with Gasteiger partial charge in [-0.15, -0.1) is 0 Å². The average molecular weight is 413 g/mol. The van der Waals surface area contributed by atoms with E-state index in [1.54, 1.807) is 18.2 Å². The van der Waals surface area contributed by atoms with Crippen LogP contribution >= 0.6 is 0 Å². The standard InChI is InChI=1S/C22H28N4O4/c1-29-19-9-5-6-10-20(19)30-17-22(28)24-23-21(27)11-12-25-13-15-26(16-14-25)18-7-3-2-4-8-18/h2-10H,11-17H2,1H3,(H,23,27)(H,24,28)/p+1. The molecule has 160 valence electrons. The topological polar surface area (TPSA) is 84.3 Å². The van der Waals surface area contributed by atoms with E-state index in [0.29, 0.717) is 17.9 Å². The molecule has 0 aromatic heterocycles. The van der Waals surface area contributed by atoms with Gasteiger partial charge in [0.1, 0.15) is 0 Å². The first-order valence-electron chi connectivity index (χ1n) is 10.1. The van der Waals surface area contributed by atoms with Crippen molar-refractivity contribution < 1.29 is 24.0 Å². The lowest BCUT2D eigenvalue weighted by molar-refractivity contribution is -0.900. The molecule has 2 amide bonds. The normalized spacial score (nSPS) is 14.1. The smallest absolute Gasteiger partial charge is 0.276 e. The van der Waals surface area contributed by atoms with Crippen LogP contribution in [0.5, 0.6) is 11.5 Å². The SMILES string of the molecule is COc1ccccc1OCC(=O)NNC(=O)CC[NH+]1CCN(c2ccccc2)CC1. The molecule has 8 heteroatoms. The predicted molar refractivity (Wildman–Crippen MR) is 114 cm³/mol. The largest absolute Gasteiger partial charge is 0.493 e. The number of amides is 2. The van der Waals surface area contributed by atoms with Crippen molar-refractivity contribution in [1.82, 2.24) is 10.9 Å². The summed E-state index contributed by atoms with van der Waals surface area (Å²) in [5.74, 6) is 0.376. The molecule has 0 atom stereocenters. The van der Waals surface area contributed by atoms with Crippen LogP contribution in [0.1, 0.15) is 6.42 Å². The van der Waals surface area contributed by atoms with Gasteiger partial charge in [-0.25, -0.2) is 0 Å². The molecular weight excluding hydrogens is 384 g/mol. The Labute approximate surface area is 176 Å². The molecule has 0 radical (unpaired) electrons. The van der Waals surface area contributed by atoms with Crippen molar-refractivity contribution >= 4 is 17.5 Å². The minimum absolute atomic E-state index is 0.210. The van der Waals surface area contributed by atoms with Gasteiger partial charge in [0.05, 0.1) is 46.3 Å². The Morgan fingerprint density at radius 3 is 2.27 bits per heavy atom. The van der Waals surface area contributed by atoms with Gasteiger partial charge in [-0.3, -0.25) is 20.4 Å². The first kappa shape index (κ1) is 21.4. The fourth-order valence-corrected chi connectivity index (χ4v) is 3.38. The second kappa shape index (κ2) is 11.1. The monoisotopic (exact) mass is 413 g/mol. The molecule has 1 fully saturated rings. The average Bonchev–Trinajstić information content (AvgIpc) is 2.81. The molecular formula is C22H29N4O4+. The number of para-hydroxylation sites is 3. The molecule has 0 unspecified atom stereocenters. The third-order valence-electron chi connectivity index (χ3n) is 5.07. The van der Waals surface area contributed by atoms with E-state index in [1.165, 1.54) is 17.7 Å². The van der Waals surface area contributed by atoms with Crippen molar-refractivity contribution in [2.24, 2.45) is 0 Å². The fraction of sp³-hybridized carbons (Fsp3) is 0.364. The Bertz CT molecular complexity index is 823. The van der Waals surface area contributed by atoms with Gasteiger partial charge in [0.15, 0.2) is 18.1 Å². The van der Waals surface area contributed by atoms with E-state index in [1.807, 2.05) is 12.1 Å². The van der Waals surface area contributed by atoms with Crippen LogP contribution in [-0.4, -0.2) is 58.3 Å². The number of hydrazine groups is 1. The molecule has 0 saturated carbocycles. The van der Waals surface area contributed by atoms with Crippen LogP contribution < -0.4 is 30.1 Å². The summed E-state index contributed by atoms with van der Waals surface area (Å²) in [7, 11) is 1.53. The van der Waals surface area contributed by atoms with Crippen LogP contribution in [0.2, 0.25) is 0 Å². The highest BCUT2D eigenvalue weighted by Crippen LogP contribution is 2.25. The van der Waals surface area contributed by atoms with E-state index in [-0.39, 0.29) is 12.5 Å². The number of benzene rings is 2. The summed E-state index contributed by atoms with van der Waals surface area (Å²) in [6.45, 7) is 4.44. The van der Waals surface area contributed by atoms with Crippen LogP contribution in [0.4, 0.5) is 5.69 Å². The zero-order valence-electron chi connectivity index (χ0n) is 17.2. The van der Waals surface area contributed by atoms with Crippen molar-refractivity contribution in [2.75, 3.05) is 51.3 Å². The second-order valence-corrected chi connectivity index (χ2v) is 7.11. The first-order valence-corrected chi connectivity index (χ1v) is 10.1. The number of nitrogens with one attached hydrogen (secondary N) is 3. The lowest BCUT2D eigenvalue weighted by Crippen LogP contribution is -3.15. The van der Waals surface area contributed by atoms with Gasteiger partial charge in [-0.1, -0.05) is 30.3 Å². The number of carbonyl (C=O) groups is 2. The summed E-state index contributed by atoms with van der Waals surface area (Å²) < 4.78 is 10.6. The summed E-state index contributed by atoms with van der Waals surface area (Å²) in [6.07, 6.45) is 0.355. The zero-order chi connectivity index (χ0) is 21.2. The molecule has 30 heavy (non-hydrogen) atoms. The molecule has 1 aliphatic rings. The fourth-order valence-electron chi connectivity index (χ4n) is 3.38. The molecule has 3 N–H and O–H groups in total. The van der Waals surface area contributed by atoms with Crippen molar-refractivity contribution in [3.63, 3.8) is 0 Å². The lowest BCUT2D eigenvalue weighted by atomic mass is 10.2. The van der Waals surface area contributed by atoms with Gasteiger partial charge in [-0.2, -0.15) is 0 Å². The Kier molecular flexibility index (Phi) is 7.91. The molecule has 2 aromatic rings. The van der Waals surface area contributed by atoms with Gasteiger partial charge in [0, 0.05) is 5.69 Å². The van der Waals surface area contributed by atoms with E-state index in [4.69, 9.17) is 9.47 Å². The number of anilines is 1. The Morgan fingerprint density at radius 2 is 1.57 bits per heavy atom. The minimum atomic E-state index is -0.432. The van der Waals surface area contributed by atoms with Crippen molar-refractivity contribution in [1.29, 1.82) is 0 Å². The van der Waals surface area contributed by atoms with E-state index < -0.39 is 5.91 Å². The van der Waals surface area contributed by atoms with E-state index >= 15 is 0 Å². The van der Waals surface area contributed by atoms with Crippen molar-refractivity contribution in [2.45, 2.75) is 6.42 Å². The van der Waals surface area contributed by atoms with Crippen LogP contribution in [0, 0.1) is 0 Å². The molecule has 1 heterocycles. The number of methoxy groups -OCH3 is 1. The molecule has 3 rings (SSSR count). The molecule has 0 aliphatic carbocycles. The third kappa shape index (κ3) is 6.38. The second-order valence-electron chi connectivity index (χ2n) is 7.11. The maximum absolute atomic E-state index is 12.0. The molecule has 2 aromatic carbocycles. The van der Waals surface area contributed by atoms with Crippen molar-refractivity contribution in [3.8, 4) is 11.5 Å². The lowest BCUT2D eigenvalue weighted by Gasteiger charge is -2.33. The number of carbonyl (C=O) groups excluding carboxylic acids is 2. The summed E-state index contributed by atoms with van der Waals surface area (Å²) in [6, 6.07) is 17.4. The highest BCUT2D eigenvalue weighted by Gasteiger charge is 2.20. The van der Waals surface area contributed by atoms with Gasteiger partial charge >= 0.3 is 0 Å². The van der Waals surface area contributed by atoms with Crippen molar-refractivity contribution in [3.05, 3.63) is 54.6 Å². The number of piperazine rings is 1. The Balaban J connectivity index is 1.30. The zero-order valence-corrected chi connectivity index (χ0v) is 17.2. The Hall–Kier alpha value is -3.26. The number of ether oxygens (including phenoxy) is 2. The Morgan fingerprint density at radius 1 is 0.933 bits per heavy atom. The number of nitrogens with zero attached hydrogens (tertiary/aromatic N) is 1. The van der Waals surface area contributed by atoms with E-state index in [9.17, 15) is 9.59 Å². The third-order valence-corrected chi connectivity index (χ3v) is 5.07. The number of hydrogen-bond donors (Lipinski definition) is 3. The van der Waals surface area contributed by atoms with Gasteiger partial charge in [-0.05, 0) is 24.3 Å². The summed E-state index contributed by atoms with van der Waals surface area (Å²) in [5, 5.41) is 0.